The summed E-state index contributed by atoms with van der Waals surface area (Å²) in [4.78, 5) is 25.5. The molecular formula is C33H36FN8O3+. The lowest BCUT2D eigenvalue weighted by Gasteiger charge is -2.29. The molecule has 0 unspecified atom stereocenters. The molecule has 3 aliphatic heterocycles. The van der Waals surface area contributed by atoms with Gasteiger partial charge in [0.15, 0.2) is 19.0 Å². The van der Waals surface area contributed by atoms with Gasteiger partial charge in [0.2, 0.25) is 23.1 Å². The second-order valence-electron chi connectivity index (χ2n) is 11.2. The fourth-order valence-corrected chi connectivity index (χ4v) is 5.47. The number of likely N-dealkylation sites (N-methyl/N-ethyl adjacent to an activating group) is 1. The molecule has 0 spiro atoms. The zero-order valence-electron chi connectivity index (χ0n) is 25.8. The van der Waals surface area contributed by atoms with Crippen molar-refractivity contribution in [3.8, 4) is 11.5 Å². The lowest BCUT2D eigenvalue weighted by molar-refractivity contribution is -0.453. The van der Waals surface area contributed by atoms with Crippen molar-refractivity contribution in [3.05, 3.63) is 78.2 Å². The Bertz CT molecular complexity index is 1800. The minimum atomic E-state index is -0.446. The van der Waals surface area contributed by atoms with Gasteiger partial charge in [0.05, 0.1) is 29.7 Å². The van der Waals surface area contributed by atoms with E-state index in [-0.39, 0.29) is 11.6 Å². The minimum absolute atomic E-state index is 0.0118. The number of anilines is 2. The van der Waals surface area contributed by atoms with Gasteiger partial charge in [-0.3, -0.25) is 9.80 Å². The highest BCUT2D eigenvalue weighted by molar-refractivity contribution is 6.01. The van der Waals surface area contributed by atoms with Gasteiger partial charge in [-0.15, -0.1) is 0 Å². The van der Waals surface area contributed by atoms with Crippen LogP contribution in [-0.4, -0.2) is 101 Å². The Labute approximate surface area is 261 Å². The van der Waals surface area contributed by atoms with Crippen LogP contribution < -0.4 is 14.8 Å². The number of carbonyl (C=O) groups excluding carboxylic acids is 1. The standard InChI is InChI=1S/C33H36FN8O3/c1-5-37-41-15-12-24(13-16-41)45-28-11-9-26(31(34)22(28)2)38-33-30-25(35-21-36-33)8-10-27-32(30)44-20-23-19-40(17-18-42(23)27)29(43)7-6-14-39(3)4/h5-13,15,21H,14,16-20H2,1-4H3,(H,35,36,38)/q+1/b7-6+,37-5-. The molecule has 2 aromatic carbocycles. The van der Waals surface area contributed by atoms with Crippen molar-refractivity contribution in [1.29, 1.82) is 0 Å². The monoisotopic (exact) mass is 611 g/mol. The maximum absolute atomic E-state index is 15.7. The Morgan fingerprint density at radius 3 is 2.91 bits per heavy atom. The molecule has 0 bridgehead atoms. The molecule has 0 radical (unpaired) electrons. The summed E-state index contributed by atoms with van der Waals surface area (Å²) in [6, 6.07) is 7.25. The van der Waals surface area contributed by atoms with E-state index in [0.717, 1.165) is 11.4 Å². The molecule has 4 heterocycles. The van der Waals surface area contributed by atoms with E-state index in [2.05, 4.69) is 25.0 Å². The molecule has 0 saturated carbocycles. The summed E-state index contributed by atoms with van der Waals surface area (Å²) in [5.41, 5.74) is 3.16. The number of benzene rings is 2. The number of carbonyl (C=O) groups is 1. The molecule has 0 fully saturated rings. The summed E-state index contributed by atoms with van der Waals surface area (Å²) in [6.45, 7) is 6.81. The average Bonchev–Trinajstić information content (AvgIpc) is 3.04. The molecular weight excluding hydrogens is 575 g/mol. The molecule has 1 N–H and O–H groups in total. The fraction of sp³-hybridized carbons (Fsp3) is 0.303. The first-order valence-electron chi connectivity index (χ1n) is 14.8. The number of aromatic nitrogens is 2. The van der Waals surface area contributed by atoms with E-state index in [1.807, 2.05) is 61.3 Å². The van der Waals surface area contributed by atoms with Crippen molar-refractivity contribution in [2.24, 2.45) is 5.10 Å². The lowest BCUT2D eigenvalue weighted by atomic mass is 10.1. The topological polar surface area (TPSA) is 98.4 Å². The number of nitrogens with one attached hydrogen (secondary N) is 1. The molecule has 0 aliphatic carbocycles. The van der Waals surface area contributed by atoms with Crippen LogP contribution in [0, 0.1) is 12.7 Å². The molecule has 11 nitrogen and oxygen atoms in total. The summed E-state index contributed by atoms with van der Waals surface area (Å²) >= 11 is 0. The van der Waals surface area contributed by atoms with E-state index < -0.39 is 5.82 Å². The van der Waals surface area contributed by atoms with Gasteiger partial charge < -0.3 is 24.6 Å². The van der Waals surface area contributed by atoms with Crippen LogP contribution in [0.1, 0.15) is 12.5 Å². The third-order valence-electron chi connectivity index (χ3n) is 7.77. The summed E-state index contributed by atoms with van der Waals surface area (Å²) in [5, 5.41) is 9.82. The molecule has 0 saturated heterocycles. The highest BCUT2D eigenvalue weighted by atomic mass is 19.1. The number of halogens is 1. The number of amides is 1. The molecule has 45 heavy (non-hydrogen) atoms. The highest BCUT2D eigenvalue weighted by Crippen LogP contribution is 2.41. The molecule has 3 aliphatic rings. The van der Waals surface area contributed by atoms with E-state index in [4.69, 9.17) is 9.47 Å². The maximum Gasteiger partial charge on any atom is 0.248 e. The number of hydrogen-bond donors (Lipinski definition) is 1. The summed E-state index contributed by atoms with van der Waals surface area (Å²) in [6.07, 6.45) is 12.2. The van der Waals surface area contributed by atoms with Gasteiger partial charge in [0.25, 0.3) is 0 Å². The van der Waals surface area contributed by atoms with Crippen molar-refractivity contribution in [2.75, 3.05) is 58.7 Å². The van der Waals surface area contributed by atoms with E-state index in [9.17, 15) is 4.79 Å². The highest BCUT2D eigenvalue weighted by Gasteiger charge is 2.36. The third-order valence-corrected chi connectivity index (χ3v) is 7.77. The van der Waals surface area contributed by atoms with Gasteiger partial charge in [-0.2, -0.15) is 9.68 Å². The van der Waals surface area contributed by atoms with Crippen LogP contribution in [0.15, 0.2) is 72.0 Å². The van der Waals surface area contributed by atoms with Crippen molar-refractivity contribution in [1.82, 2.24) is 24.8 Å². The second-order valence-corrected chi connectivity index (χ2v) is 11.2. The second kappa shape index (κ2) is 12.9. The van der Waals surface area contributed by atoms with Gasteiger partial charge in [-0.05, 0) is 58.3 Å². The smallest absolute Gasteiger partial charge is 0.248 e. The van der Waals surface area contributed by atoms with E-state index in [0.29, 0.717) is 78.9 Å². The average molecular weight is 612 g/mol. The van der Waals surface area contributed by atoms with Crippen molar-refractivity contribution < 1.29 is 23.2 Å². The van der Waals surface area contributed by atoms with E-state index in [1.54, 1.807) is 42.4 Å². The Morgan fingerprint density at radius 1 is 1.27 bits per heavy atom. The first kappa shape index (κ1) is 29.9. The van der Waals surface area contributed by atoms with Crippen LogP contribution in [0.25, 0.3) is 10.9 Å². The predicted molar refractivity (Wildman–Crippen MR) is 172 cm³/mol. The summed E-state index contributed by atoms with van der Waals surface area (Å²) < 4.78 is 30.2. The minimum Gasteiger partial charge on any atom is -0.475 e. The zero-order chi connectivity index (χ0) is 31.5. The molecule has 1 aromatic heterocycles. The van der Waals surface area contributed by atoms with Gasteiger partial charge in [-0.1, -0.05) is 6.08 Å². The van der Waals surface area contributed by atoms with Gasteiger partial charge in [0, 0.05) is 36.7 Å². The van der Waals surface area contributed by atoms with Crippen molar-refractivity contribution >= 4 is 45.9 Å². The summed E-state index contributed by atoms with van der Waals surface area (Å²) in [7, 11) is 3.93. The van der Waals surface area contributed by atoms with E-state index in [1.165, 1.54) is 6.33 Å². The number of hydrogen-bond acceptors (Lipinski definition) is 9. The molecule has 12 heteroatoms. The Balaban J connectivity index is 1.24. The summed E-state index contributed by atoms with van der Waals surface area (Å²) in [5.74, 6) is 1.64. The SMILES string of the molecule is C/C=N\N1C=CC(Oc2ccc(Nc3ncnc4ccc5c(c34)OCC3=[N+]5CCN(C(=O)/C=C/CN(C)C)C3)c(F)c2C)=CC1. The number of nitrogens with zero attached hydrogens (tertiary/aromatic N) is 7. The van der Waals surface area contributed by atoms with Gasteiger partial charge in [-0.25, -0.2) is 14.4 Å². The van der Waals surface area contributed by atoms with Crippen molar-refractivity contribution in [3.63, 3.8) is 0 Å². The first-order chi connectivity index (χ1) is 21.8. The number of allylic oxidation sites excluding steroid dienone is 1. The van der Waals surface area contributed by atoms with E-state index >= 15 is 4.39 Å². The Hall–Kier alpha value is -5.10. The van der Waals surface area contributed by atoms with Crippen LogP contribution in [0.4, 0.5) is 21.6 Å². The molecule has 0 atom stereocenters. The van der Waals surface area contributed by atoms with Crippen LogP contribution in [0.5, 0.6) is 11.5 Å². The maximum atomic E-state index is 15.7. The molecule has 6 rings (SSSR count). The third kappa shape index (κ3) is 6.27. The van der Waals surface area contributed by atoms with Crippen LogP contribution in [0.3, 0.4) is 0 Å². The molecule has 3 aromatic rings. The van der Waals surface area contributed by atoms with Gasteiger partial charge in [0.1, 0.15) is 30.2 Å². The number of ether oxygens (including phenoxy) is 2. The number of hydrazone groups is 1. The van der Waals surface area contributed by atoms with Crippen molar-refractivity contribution in [2.45, 2.75) is 13.8 Å². The van der Waals surface area contributed by atoms with Crippen LogP contribution in [0.2, 0.25) is 0 Å². The molecule has 1 amide bonds. The Morgan fingerprint density at radius 2 is 2.13 bits per heavy atom. The number of rotatable bonds is 8. The quantitative estimate of drug-likeness (QED) is 0.228. The number of fused-ring (bicyclic) bond motifs is 4. The van der Waals surface area contributed by atoms with Crippen LogP contribution >= 0.6 is 0 Å². The fourth-order valence-electron chi connectivity index (χ4n) is 5.47. The predicted octanol–water partition coefficient (Wildman–Crippen LogP) is 4.36. The lowest BCUT2D eigenvalue weighted by Crippen LogP contribution is -2.48. The normalized spacial score (nSPS) is 16.4. The first-order valence-corrected chi connectivity index (χ1v) is 14.8. The van der Waals surface area contributed by atoms with Gasteiger partial charge >= 0.3 is 0 Å². The van der Waals surface area contributed by atoms with Crippen LogP contribution in [-0.2, 0) is 4.79 Å². The Kier molecular flexibility index (Phi) is 8.56. The zero-order valence-corrected chi connectivity index (χ0v) is 25.8. The molecule has 232 valence electrons. The largest absolute Gasteiger partial charge is 0.475 e.